The minimum Gasteiger partial charge on any atom is -0.375 e. The quantitative estimate of drug-likeness (QED) is 0.489. The Hall–Kier alpha value is -3.14. The Labute approximate surface area is 188 Å². The Morgan fingerprint density at radius 1 is 1.09 bits per heavy atom. The van der Waals surface area contributed by atoms with Crippen LogP contribution < -0.4 is 4.90 Å². The fourth-order valence-corrected chi connectivity index (χ4v) is 3.28. The summed E-state index contributed by atoms with van der Waals surface area (Å²) in [4.78, 5) is 27.1. The molecule has 2 amide bonds. The van der Waals surface area contributed by atoms with Crippen molar-refractivity contribution in [3.05, 3.63) is 71.0 Å². The van der Waals surface area contributed by atoms with Gasteiger partial charge in [0.25, 0.3) is 18.2 Å². The molecule has 0 radical (unpaired) electrons. The molecular formula is C22H20ClF2N3O4. The summed E-state index contributed by atoms with van der Waals surface area (Å²) in [6, 6.07) is 13.4. The Morgan fingerprint density at radius 3 is 2.41 bits per heavy atom. The highest BCUT2D eigenvalue weighted by molar-refractivity contribution is 6.30. The lowest BCUT2D eigenvalue weighted by Crippen LogP contribution is -2.40. The fourth-order valence-electron chi connectivity index (χ4n) is 3.15. The van der Waals surface area contributed by atoms with Gasteiger partial charge in [-0.1, -0.05) is 41.9 Å². The van der Waals surface area contributed by atoms with Crippen molar-refractivity contribution in [2.24, 2.45) is 0 Å². The van der Waals surface area contributed by atoms with E-state index >= 15 is 0 Å². The topological polar surface area (TPSA) is 73.7 Å². The molecule has 1 heterocycles. The van der Waals surface area contributed by atoms with Crippen molar-refractivity contribution < 1.29 is 27.8 Å². The van der Waals surface area contributed by atoms with Crippen molar-refractivity contribution in [3.8, 4) is 11.1 Å². The SMILES string of the molecule is COCC(=O)N(C(=O)c1nn(COC)cc1C(F)F)c1ccccc1-c1ccc(Cl)cc1. The van der Waals surface area contributed by atoms with Gasteiger partial charge in [0.1, 0.15) is 13.3 Å². The number of carbonyl (C=O) groups is 2. The number of carbonyl (C=O) groups excluding carboxylic acids is 2. The molecule has 10 heteroatoms. The maximum absolute atomic E-state index is 13.7. The lowest BCUT2D eigenvalue weighted by Gasteiger charge is -2.23. The van der Waals surface area contributed by atoms with E-state index in [9.17, 15) is 18.4 Å². The number of hydrogen-bond acceptors (Lipinski definition) is 5. The molecule has 0 N–H and O–H groups in total. The third kappa shape index (κ3) is 5.01. The van der Waals surface area contributed by atoms with E-state index in [0.717, 1.165) is 15.8 Å². The van der Waals surface area contributed by atoms with E-state index in [1.807, 2.05) is 0 Å². The van der Waals surface area contributed by atoms with Crippen LogP contribution in [0, 0.1) is 0 Å². The van der Waals surface area contributed by atoms with Crippen molar-refractivity contribution in [2.45, 2.75) is 13.2 Å². The predicted molar refractivity (Wildman–Crippen MR) is 115 cm³/mol. The molecule has 3 rings (SSSR count). The predicted octanol–water partition coefficient (Wildman–Crippen LogP) is 4.56. The van der Waals surface area contributed by atoms with Gasteiger partial charge >= 0.3 is 0 Å². The molecule has 0 saturated carbocycles. The second kappa shape index (κ2) is 10.4. The Balaban J connectivity index is 2.15. The third-order valence-corrected chi connectivity index (χ3v) is 4.76. The molecule has 7 nitrogen and oxygen atoms in total. The van der Waals surface area contributed by atoms with Crippen LogP contribution in [0.15, 0.2) is 54.7 Å². The van der Waals surface area contributed by atoms with E-state index in [4.69, 9.17) is 21.1 Å². The van der Waals surface area contributed by atoms with Gasteiger partial charge < -0.3 is 9.47 Å². The molecule has 3 aromatic rings. The van der Waals surface area contributed by atoms with Gasteiger partial charge in [0, 0.05) is 31.0 Å². The largest absolute Gasteiger partial charge is 0.375 e. The number of ether oxygens (including phenoxy) is 2. The number of methoxy groups -OCH3 is 2. The summed E-state index contributed by atoms with van der Waals surface area (Å²) in [5.74, 6) is -1.74. The van der Waals surface area contributed by atoms with Gasteiger partial charge in [0.15, 0.2) is 5.69 Å². The smallest absolute Gasteiger partial charge is 0.286 e. The van der Waals surface area contributed by atoms with Gasteiger partial charge in [-0.15, -0.1) is 0 Å². The lowest BCUT2D eigenvalue weighted by atomic mass is 10.0. The number of anilines is 1. The average molecular weight is 464 g/mol. The summed E-state index contributed by atoms with van der Waals surface area (Å²) in [7, 11) is 2.66. The van der Waals surface area contributed by atoms with Gasteiger partial charge in [-0.3, -0.25) is 9.59 Å². The molecule has 0 saturated heterocycles. The molecule has 0 aliphatic carbocycles. The van der Waals surface area contributed by atoms with Crippen molar-refractivity contribution in [3.63, 3.8) is 0 Å². The Bertz CT molecular complexity index is 1100. The summed E-state index contributed by atoms with van der Waals surface area (Å²) in [5, 5.41) is 4.45. The highest BCUT2D eigenvalue weighted by atomic mass is 35.5. The normalized spacial score (nSPS) is 11.1. The first-order valence-electron chi connectivity index (χ1n) is 9.43. The average Bonchev–Trinajstić information content (AvgIpc) is 3.20. The third-order valence-electron chi connectivity index (χ3n) is 4.51. The second-order valence-electron chi connectivity index (χ2n) is 6.68. The Kier molecular flexibility index (Phi) is 7.68. The summed E-state index contributed by atoms with van der Waals surface area (Å²) in [6.07, 6.45) is -1.96. The van der Waals surface area contributed by atoms with Crippen molar-refractivity contribution in [1.82, 2.24) is 9.78 Å². The lowest BCUT2D eigenvalue weighted by molar-refractivity contribution is -0.121. The van der Waals surface area contributed by atoms with Crippen molar-refractivity contribution in [1.29, 1.82) is 0 Å². The van der Waals surface area contributed by atoms with Crippen LogP contribution in [-0.2, 0) is 21.0 Å². The van der Waals surface area contributed by atoms with E-state index in [1.54, 1.807) is 48.5 Å². The second-order valence-corrected chi connectivity index (χ2v) is 7.12. The van der Waals surface area contributed by atoms with Crippen LogP contribution in [0.4, 0.5) is 14.5 Å². The molecule has 1 aromatic heterocycles. The maximum atomic E-state index is 13.7. The van der Waals surface area contributed by atoms with Crippen LogP contribution in [0.25, 0.3) is 11.1 Å². The van der Waals surface area contributed by atoms with Crippen molar-refractivity contribution >= 4 is 29.1 Å². The van der Waals surface area contributed by atoms with Crippen LogP contribution in [0.1, 0.15) is 22.5 Å². The zero-order chi connectivity index (χ0) is 23.3. The van der Waals surface area contributed by atoms with Crippen LogP contribution in [0.3, 0.4) is 0 Å². The van der Waals surface area contributed by atoms with Crippen LogP contribution in [-0.4, -0.2) is 42.4 Å². The summed E-state index contributed by atoms with van der Waals surface area (Å²) in [5.41, 5.74) is 0.242. The molecule has 0 spiro atoms. The molecule has 168 valence electrons. The number of nitrogens with zero attached hydrogens (tertiary/aromatic N) is 3. The zero-order valence-electron chi connectivity index (χ0n) is 17.3. The number of rotatable bonds is 8. The number of imide groups is 1. The fraction of sp³-hybridized carbons (Fsp3) is 0.227. The van der Waals surface area contributed by atoms with E-state index in [-0.39, 0.29) is 12.4 Å². The molecule has 0 aliphatic heterocycles. The van der Waals surface area contributed by atoms with Gasteiger partial charge in [-0.2, -0.15) is 5.10 Å². The van der Waals surface area contributed by atoms with E-state index in [0.29, 0.717) is 16.1 Å². The number of hydrogen-bond donors (Lipinski definition) is 0. The molecule has 32 heavy (non-hydrogen) atoms. The number of benzene rings is 2. The molecule has 2 aromatic carbocycles. The molecule has 0 aliphatic rings. The summed E-state index contributed by atoms with van der Waals surface area (Å²) >= 11 is 5.97. The van der Waals surface area contributed by atoms with Crippen LogP contribution in [0.2, 0.25) is 5.02 Å². The molecule has 0 unspecified atom stereocenters. The highest BCUT2D eigenvalue weighted by Gasteiger charge is 2.32. The maximum Gasteiger partial charge on any atom is 0.286 e. The summed E-state index contributed by atoms with van der Waals surface area (Å²) < 4.78 is 38.2. The van der Waals surface area contributed by atoms with Gasteiger partial charge in [-0.25, -0.2) is 18.4 Å². The van der Waals surface area contributed by atoms with E-state index < -0.39 is 36.1 Å². The van der Waals surface area contributed by atoms with Gasteiger partial charge in [-0.05, 0) is 23.8 Å². The van der Waals surface area contributed by atoms with Gasteiger partial charge in [0.2, 0.25) is 0 Å². The summed E-state index contributed by atoms with van der Waals surface area (Å²) in [6.45, 7) is -0.580. The van der Waals surface area contributed by atoms with Crippen LogP contribution in [0.5, 0.6) is 0 Å². The number of amides is 2. The minimum atomic E-state index is -2.98. The standard InChI is InChI=1S/C22H20ClF2N3O4/c1-31-12-19(29)28(22(30)20-17(21(24)25)11-27(26-20)13-32-2)18-6-4-3-5-16(18)14-7-9-15(23)10-8-14/h3-11,21H,12-13H2,1-2H3. The zero-order valence-corrected chi connectivity index (χ0v) is 18.1. The number of aromatic nitrogens is 2. The number of alkyl halides is 2. The molecule has 0 bridgehead atoms. The minimum absolute atomic E-state index is 0.139. The van der Waals surface area contributed by atoms with Crippen LogP contribution >= 0.6 is 11.6 Å². The number of halogens is 3. The first-order chi connectivity index (χ1) is 15.4. The highest BCUT2D eigenvalue weighted by Crippen LogP contribution is 2.33. The van der Waals surface area contributed by atoms with Crippen molar-refractivity contribution in [2.75, 3.05) is 25.7 Å². The molecule has 0 fully saturated rings. The molecular weight excluding hydrogens is 444 g/mol. The molecule has 0 atom stereocenters. The monoisotopic (exact) mass is 463 g/mol. The van der Waals surface area contributed by atoms with Gasteiger partial charge in [0.05, 0.1) is 11.3 Å². The number of para-hydroxylation sites is 1. The van der Waals surface area contributed by atoms with E-state index in [1.165, 1.54) is 14.2 Å². The first-order valence-corrected chi connectivity index (χ1v) is 9.80. The van der Waals surface area contributed by atoms with E-state index in [2.05, 4.69) is 5.10 Å². The first kappa shape index (κ1) is 23.5. The Morgan fingerprint density at radius 2 is 1.78 bits per heavy atom.